The monoisotopic (exact) mass is 572 g/mol. The average Bonchev–Trinajstić information content (AvgIpc) is 2.88. The van der Waals surface area contributed by atoms with Gasteiger partial charge in [0.15, 0.2) is 12.1 Å². The highest BCUT2D eigenvalue weighted by Gasteiger charge is 2.31. The van der Waals surface area contributed by atoms with Gasteiger partial charge >= 0.3 is 17.9 Å². The van der Waals surface area contributed by atoms with E-state index in [1.165, 1.54) is 77.0 Å². The fourth-order valence-electron chi connectivity index (χ4n) is 4.72. The lowest BCUT2D eigenvalue weighted by Crippen LogP contribution is -2.50. The standard InChI is InChI=1S/C32H61NO7/c1-6-8-9-10-11-12-13-14-15-16-17-18-19-20-21-23-31(35)40-28(27-39-30(34)22-7-2)26-38-25-24-29(32(36)37)33(3,4)5/h28-29H,6-27H2,1-5H3/p+1. The lowest BCUT2D eigenvalue weighted by atomic mass is 10.0. The summed E-state index contributed by atoms with van der Waals surface area (Å²) in [5, 5.41) is 9.47. The summed E-state index contributed by atoms with van der Waals surface area (Å²) in [6, 6.07) is -0.603. The minimum atomic E-state index is -0.879. The normalized spacial score (nSPS) is 13.1. The second-order valence-corrected chi connectivity index (χ2v) is 12.1. The number of esters is 2. The third kappa shape index (κ3) is 23.1. The summed E-state index contributed by atoms with van der Waals surface area (Å²) in [6.45, 7) is 4.37. The summed E-state index contributed by atoms with van der Waals surface area (Å²) >= 11 is 0. The molecule has 0 saturated heterocycles. The van der Waals surface area contributed by atoms with Crippen molar-refractivity contribution in [3.05, 3.63) is 0 Å². The second kappa shape index (κ2) is 25.1. The molecule has 0 fully saturated rings. The van der Waals surface area contributed by atoms with Crippen LogP contribution in [-0.4, -0.2) is 80.6 Å². The summed E-state index contributed by atoms with van der Waals surface area (Å²) in [7, 11) is 5.48. The molecule has 236 valence electrons. The Labute approximate surface area is 245 Å². The summed E-state index contributed by atoms with van der Waals surface area (Å²) < 4.78 is 16.7. The van der Waals surface area contributed by atoms with Crippen LogP contribution in [0, 0.1) is 0 Å². The summed E-state index contributed by atoms with van der Waals surface area (Å²) in [5.41, 5.74) is 0. The molecule has 0 amide bonds. The quantitative estimate of drug-likeness (QED) is 0.0608. The van der Waals surface area contributed by atoms with Gasteiger partial charge in [-0.3, -0.25) is 9.59 Å². The number of rotatable bonds is 28. The van der Waals surface area contributed by atoms with Crippen LogP contribution in [0.3, 0.4) is 0 Å². The fraction of sp³-hybridized carbons (Fsp3) is 0.906. The van der Waals surface area contributed by atoms with Crippen LogP contribution in [0.5, 0.6) is 0 Å². The second-order valence-electron chi connectivity index (χ2n) is 12.1. The highest BCUT2D eigenvalue weighted by molar-refractivity contribution is 5.72. The van der Waals surface area contributed by atoms with E-state index >= 15 is 0 Å². The molecule has 2 unspecified atom stereocenters. The largest absolute Gasteiger partial charge is 0.477 e. The number of quaternary nitrogens is 1. The molecule has 0 radical (unpaired) electrons. The first-order chi connectivity index (χ1) is 19.1. The first kappa shape index (κ1) is 38.3. The molecule has 0 rings (SSSR count). The number of carbonyl (C=O) groups is 3. The molecular formula is C32H62NO7+. The van der Waals surface area contributed by atoms with Crippen molar-refractivity contribution >= 4 is 17.9 Å². The number of carboxylic acids is 1. The van der Waals surface area contributed by atoms with Crippen LogP contribution in [-0.2, 0) is 28.6 Å². The van der Waals surface area contributed by atoms with Crippen LogP contribution in [0.15, 0.2) is 0 Å². The molecule has 0 aliphatic carbocycles. The molecule has 8 nitrogen and oxygen atoms in total. The molecule has 0 aromatic rings. The smallest absolute Gasteiger partial charge is 0.362 e. The minimum Gasteiger partial charge on any atom is -0.477 e. The number of hydrogen-bond donors (Lipinski definition) is 1. The molecular weight excluding hydrogens is 510 g/mol. The molecule has 0 aromatic carbocycles. The van der Waals surface area contributed by atoms with E-state index in [9.17, 15) is 19.5 Å². The SMILES string of the molecule is CCCCCCCCCCCCCCCCCC(=O)OC(COCCC(C(=O)O)[N+](C)(C)C)COC(=O)CCC. The van der Waals surface area contributed by atoms with Gasteiger partial charge in [0.25, 0.3) is 0 Å². The Bertz CT molecular complexity index is 648. The van der Waals surface area contributed by atoms with Gasteiger partial charge in [-0.1, -0.05) is 104 Å². The maximum atomic E-state index is 12.4. The van der Waals surface area contributed by atoms with Gasteiger partial charge in [-0.2, -0.15) is 0 Å². The van der Waals surface area contributed by atoms with Crippen molar-refractivity contribution in [2.75, 3.05) is 41.0 Å². The topological polar surface area (TPSA) is 99.1 Å². The fourth-order valence-corrected chi connectivity index (χ4v) is 4.72. The Kier molecular flexibility index (Phi) is 24.0. The number of likely N-dealkylation sites (N-methyl/N-ethyl adjacent to an activating group) is 1. The zero-order valence-corrected chi connectivity index (χ0v) is 26.6. The van der Waals surface area contributed by atoms with Crippen LogP contribution in [0.2, 0.25) is 0 Å². The van der Waals surface area contributed by atoms with Crippen LogP contribution in [0.1, 0.15) is 136 Å². The van der Waals surface area contributed by atoms with Gasteiger partial charge in [0.1, 0.15) is 6.61 Å². The maximum absolute atomic E-state index is 12.4. The Balaban J connectivity index is 4.12. The van der Waals surface area contributed by atoms with E-state index in [4.69, 9.17) is 14.2 Å². The molecule has 8 heteroatoms. The lowest BCUT2D eigenvalue weighted by molar-refractivity contribution is -0.887. The zero-order chi connectivity index (χ0) is 30.1. The van der Waals surface area contributed by atoms with Gasteiger partial charge in [0.05, 0.1) is 34.4 Å². The third-order valence-corrected chi connectivity index (χ3v) is 7.23. The van der Waals surface area contributed by atoms with Crippen molar-refractivity contribution in [1.29, 1.82) is 0 Å². The molecule has 0 aliphatic heterocycles. The van der Waals surface area contributed by atoms with E-state index in [-0.39, 0.29) is 36.2 Å². The number of hydrogen-bond acceptors (Lipinski definition) is 6. The molecule has 0 bridgehead atoms. The van der Waals surface area contributed by atoms with E-state index in [2.05, 4.69) is 6.92 Å². The van der Waals surface area contributed by atoms with Gasteiger partial charge < -0.3 is 23.8 Å². The van der Waals surface area contributed by atoms with Crippen molar-refractivity contribution in [2.24, 2.45) is 0 Å². The summed E-state index contributed by atoms with van der Waals surface area (Å²) in [4.78, 5) is 35.8. The Morgan fingerprint density at radius 2 is 1.15 bits per heavy atom. The minimum absolute atomic E-state index is 0.0544. The third-order valence-electron chi connectivity index (χ3n) is 7.23. The van der Waals surface area contributed by atoms with E-state index in [1.54, 1.807) is 0 Å². The van der Waals surface area contributed by atoms with Gasteiger partial charge in [-0.25, -0.2) is 4.79 Å². The van der Waals surface area contributed by atoms with E-state index in [1.807, 2.05) is 28.1 Å². The van der Waals surface area contributed by atoms with Gasteiger partial charge in [0.2, 0.25) is 0 Å². The molecule has 2 atom stereocenters. The Hall–Kier alpha value is -1.67. The lowest BCUT2D eigenvalue weighted by Gasteiger charge is -2.31. The zero-order valence-electron chi connectivity index (χ0n) is 26.6. The number of ether oxygens (including phenoxy) is 3. The molecule has 0 spiro atoms. The predicted molar refractivity (Wildman–Crippen MR) is 160 cm³/mol. The van der Waals surface area contributed by atoms with Crippen molar-refractivity contribution in [3.8, 4) is 0 Å². The van der Waals surface area contributed by atoms with E-state index in [0.717, 1.165) is 19.3 Å². The molecule has 0 heterocycles. The number of carbonyl (C=O) groups excluding carboxylic acids is 2. The summed E-state index contributed by atoms with van der Waals surface area (Å²) in [6.07, 6.45) is 20.0. The Morgan fingerprint density at radius 1 is 0.650 bits per heavy atom. The molecule has 0 aliphatic rings. The van der Waals surface area contributed by atoms with Crippen LogP contribution >= 0.6 is 0 Å². The van der Waals surface area contributed by atoms with Crippen molar-refractivity contribution < 1.29 is 38.2 Å². The first-order valence-electron chi connectivity index (χ1n) is 16.1. The van der Waals surface area contributed by atoms with Crippen LogP contribution in [0.25, 0.3) is 0 Å². The van der Waals surface area contributed by atoms with Crippen molar-refractivity contribution in [1.82, 2.24) is 0 Å². The molecule has 1 N–H and O–H groups in total. The molecule has 0 aromatic heterocycles. The highest BCUT2D eigenvalue weighted by atomic mass is 16.6. The van der Waals surface area contributed by atoms with Gasteiger partial charge in [0, 0.05) is 19.3 Å². The Morgan fingerprint density at radius 3 is 1.60 bits per heavy atom. The van der Waals surface area contributed by atoms with Crippen LogP contribution < -0.4 is 0 Å². The first-order valence-corrected chi connectivity index (χ1v) is 16.1. The number of nitrogens with zero attached hydrogens (tertiary/aromatic N) is 1. The average molecular weight is 573 g/mol. The van der Waals surface area contributed by atoms with E-state index in [0.29, 0.717) is 25.7 Å². The highest BCUT2D eigenvalue weighted by Crippen LogP contribution is 2.14. The van der Waals surface area contributed by atoms with E-state index < -0.39 is 18.1 Å². The molecule has 0 saturated carbocycles. The van der Waals surface area contributed by atoms with Gasteiger partial charge in [-0.05, 0) is 12.8 Å². The number of aliphatic carboxylic acids is 1. The summed E-state index contributed by atoms with van der Waals surface area (Å²) in [5.74, 6) is -1.53. The maximum Gasteiger partial charge on any atom is 0.362 e. The van der Waals surface area contributed by atoms with Crippen molar-refractivity contribution in [2.45, 2.75) is 148 Å². The number of unbranched alkanes of at least 4 members (excludes halogenated alkanes) is 14. The van der Waals surface area contributed by atoms with Crippen LogP contribution in [0.4, 0.5) is 0 Å². The number of carboxylic acid groups (broad SMARTS) is 1. The van der Waals surface area contributed by atoms with Gasteiger partial charge in [-0.15, -0.1) is 0 Å². The predicted octanol–water partition coefficient (Wildman–Crippen LogP) is 7.07. The van der Waals surface area contributed by atoms with Crippen molar-refractivity contribution in [3.63, 3.8) is 0 Å². The molecule has 40 heavy (non-hydrogen) atoms.